The summed E-state index contributed by atoms with van der Waals surface area (Å²) in [7, 11) is 0. The van der Waals surface area contributed by atoms with Crippen LogP contribution in [0.2, 0.25) is 0 Å². The van der Waals surface area contributed by atoms with E-state index in [9.17, 15) is 4.79 Å². The van der Waals surface area contributed by atoms with Crippen molar-refractivity contribution in [2.24, 2.45) is 0 Å². The van der Waals surface area contributed by atoms with Gasteiger partial charge in [0, 0.05) is 5.92 Å². The van der Waals surface area contributed by atoms with Crippen LogP contribution in [-0.4, -0.2) is 6.29 Å². The van der Waals surface area contributed by atoms with Crippen LogP contribution >= 0.6 is 0 Å². The van der Waals surface area contributed by atoms with Crippen molar-refractivity contribution in [2.45, 2.75) is 40.0 Å². The molecule has 1 atom stereocenters. The van der Waals surface area contributed by atoms with Gasteiger partial charge >= 0.3 is 0 Å². The fourth-order valence-corrected chi connectivity index (χ4v) is 1.86. The van der Waals surface area contributed by atoms with Crippen molar-refractivity contribution in [3.05, 3.63) is 34.4 Å². The Kier molecular flexibility index (Phi) is 3.45. The molecule has 76 valence electrons. The van der Waals surface area contributed by atoms with E-state index in [0.29, 0.717) is 0 Å². The Labute approximate surface area is 86.1 Å². The van der Waals surface area contributed by atoms with E-state index in [1.165, 1.54) is 22.3 Å². The van der Waals surface area contributed by atoms with Crippen LogP contribution in [0.3, 0.4) is 0 Å². The number of carbonyl (C=O) groups is 1. The van der Waals surface area contributed by atoms with Crippen molar-refractivity contribution in [1.82, 2.24) is 0 Å². The summed E-state index contributed by atoms with van der Waals surface area (Å²) in [6.45, 7) is 8.35. The van der Waals surface area contributed by atoms with E-state index in [4.69, 9.17) is 0 Å². The maximum atomic E-state index is 10.8. The van der Waals surface area contributed by atoms with Crippen LogP contribution in [0.1, 0.15) is 42.0 Å². The first-order valence-electron chi connectivity index (χ1n) is 5.16. The summed E-state index contributed by atoms with van der Waals surface area (Å²) in [6.07, 6.45) is 2.02. The maximum Gasteiger partial charge on any atom is 0.127 e. The molecule has 0 spiro atoms. The normalized spacial score (nSPS) is 12.6. The fourth-order valence-electron chi connectivity index (χ4n) is 1.86. The van der Waals surface area contributed by atoms with Crippen LogP contribution in [0.5, 0.6) is 0 Å². The van der Waals surface area contributed by atoms with Crippen LogP contribution in [0.25, 0.3) is 0 Å². The first kappa shape index (κ1) is 11.0. The summed E-state index contributed by atoms with van der Waals surface area (Å²) in [5.41, 5.74) is 5.16. The highest BCUT2D eigenvalue weighted by atomic mass is 16.1. The van der Waals surface area contributed by atoms with Crippen molar-refractivity contribution in [3.63, 3.8) is 0 Å². The van der Waals surface area contributed by atoms with E-state index in [-0.39, 0.29) is 5.92 Å². The van der Waals surface area contributed by atoms with Gasteiger partial charge in [0.1, 0.15) is 6.29 Å². The molecule has 0 aliphatic carbocycles. The highest BCUT2D eigenvalue weighted by Gasteiger charge is 2.11. The summed E-state index contributed by atoms with van der Waals surface area (Å²) in [6, 6.07) is 4.18. The van der Waals surface area contributed by atoms with Crippen molar-refractivity contribution in [3.8, 4) is 0 Å². The van der Waals surface area contributed by atoms with Gasteiger partial charge in [-0.1, -0.05) is 26.0 Å². The minimum atomic E-state index is 0.0178. The Morgan fingerprint density at radius 1 is 1.36 bits per heavy atom. The highest BCUT2D eigenvalue weighted by Crippen LogP contribution is 2.24. The van der Waals surface area contributed by atoms with Gasteiger partial charge in [0.2, 0.25) is 0 Å². The molecule has 0 bridgehead atoms. The van der Waals surface area contributed by atoms with E-state index in [1.54, 1.807) is 0 Å². The van der Waals surface area contributed by atoms with Crippen molar-refractivity contribution >= 4 is 6.29 Å². The van der Waals surface area contributed by atoms with Crippen molar-refractivity contribution < 1.29 is 4.79 Å². The highest BCUT2D eigenvalue weighted by molar-refractivity contribution is 5.63. The average Bonchev–Trinajstić information content (AvgIpc) is 2.20. The van der Waals surface area contributed by atoms with Crippen LogP contribution in [0.4, 0.5) is 0 Å². The Morgan fingerprint density at radius 2 is 2.00 bits per heavy atom. The van der Waals surface area contributed by atoms with E-state index >= 15 is 0 Å². The minimum absolute atomic E-state index is 0.0178. The molecule has 0 heterocycles. The SMILES string of the molecule is CCc1c(C(C)C=O)ccc(C)c1C. The minimum Gasteiger partial charge on any atom is -0.303 e. The molecule has 0 saturated heterocycles. The Bertz CT molecular complexity index is 339. The third-order valence-corrected chi connectivity index (χ3v) is 2.95. The van der Waals surface area contributed by atoms with Gasteiger partial charge in [-0.15, -0.1) is 0 Å². The van der Waals surface area contributed by atoms with E-state index in [2.05, 4.69) is 32.9 Å². The van der Waals surface area contributed by atoms with Gasteiger partial charge in [-0.25, -0.2) is 0 Å². The maximum absolute atomic E-state index is 10.8. The quantitative estimate of drug-likeness (QED) is 0.669. The van der Waals surface area contributed by atoms with E-state index in [1.807, 2.05) is 6.92 Å². The molecule has 0 radical (unpaired) electrons. The fraction of sp³-hybridized carbons (Fsp3) is 0.462. The van der Waals surface area contributed by atoms with Gasteiger partial charge in [0.05, 0.1) is 0 Å². The number of hydrogen-bond donors (Lipinski definition) is 0. The van der Waals surface area contributed by atoms with E-state index < -0.39 is 0 Å². The van der Waals surface area contributed by atoms with Crippen LogP contribution in [0, 0.1) is 13.8 Å². The summed E-state index contributed by atoms with van der Waals surface area (Å²) in [4.78, 5) is 10.8. The Hall–Kier alpha value is -1.11. The van der Waals surface area contributed by atoms with Crippen molar-refractivity contribution in [2.75, 3.05) is 0 Å². The molecule has 0 aliphatic rings. The molecular formula is C13H18O. The molecule has 0 fully saturated rings. The lowest BCUT2D eigenvalue weighted by Crippen LogP contribution is -2.03. The lowest BCUT2D eigenvalue weighted by atomic mass is 9.90. The monoisotopic (exact) mass is 190 g/mol. The predicted octanol–water partition coefficient (Wildman–Crippen LogP) is 3.17. The third-order valence-electron chi connectivity index (χ3n) is 2.95. The lowest BCUT2D eigenvalue weighted by molar-refractivity contribution is -0.108. The molecular weight excluding hydrogens is 172 g/mol. The summed E-state index contributed by atoms with van der Waals surface area (Å²) in [5, 5.41) is 0. The molecule has 0 amide bonds. The van der Waals surface area contributed by atoms with Crippen LogP contribution in [-0.2, 0) is 11.2 Å². The zero-order valence-corrected chi connectivity index (χ0v) is 9.42. The number of aryl methyl sites for hydroxylation is 1. The number of rotatable bonds is 3. The lowest BCUT2D eigenvalue weighted by Gasteiger charge is -2.15. The topological polar surface area (TPSA) is 17.1 Å². The van der Waals surface area contributed by atoms with Crippen LogP contribution in [0.15, 0.2) is 12.1 Å². The number of benzene rings is 1. The molecule has 0 saturated carbocycles. The van der Waals surface area contributed by atoms with Gasteiger partial charge in [-0.2, -0.15) is 0 Å². The first-order valence-corrected chi connectivity index (χ1v) is 5.16. The molecule has 1 aromatic carbocycles. The molecule has 14 heavy (non-hydrogen) atoms. The van der Waals surface area contributed by atoms with Gasteiger partial charge in [0.15, 0.2) is 0 Å². The van der Waals surface area contributed by atoms with Crippen LogP contribution < -0.4 is 0 Å². The van der Waals surface area contributed by atoms with E-state index in [0.717, 1.165) is 12.7 Å². The van der Waals surface area contributed by atoms with Gasteiger partial charge in [-0.05, 0) is 42.5 Å². The smallest absolute Gasteiger partial charge is 0.127 e. The molecule has 1 heteroatoms. The second-order valence-corrected chi connectivity index (χ2v) is 3.85. The first-order chi connectivity index (χ1) is 6.61. The number of aldehydes is 1. The largest absolute Gasteiger partial charge is 0.303 e. The van der Waals surface area contributed by atoms with Gasteiger partial charge < -0.3 is 4.79 Å². The summed E-state index contributed by atoms with van der Waals surface area (Å²) >= 11 is 0. The van der Waals surface area contributed by atoms with Gasteiger partial charge in [0.25, 0.3) is 0 Å². The van der Waals surface area contributed by atoms with Gasteiger partial charge in [-0.3, -0.25) is 0 Å². The zero-order valence-electron chi connectivity index (χ0n) is 9.42. The number of carbonyl (C=O) groups excluding carboxylic acids is 1. The second-order valence-electron chi connectivity index (χ2n) is 3.85. The second kappa shape index (κ2) is 4.41. The molecule has 1 rings (SSSR count). The average molecular weight is 190 g/mol. The standard InChI is InChI=1S/C13H18O/c1-5-12-11(4)9(2)6-7-13(12)10(3)8-14/h6-8,10H,5H2,1-4H3. The molecule has 1 unspecified atom stereocenters. The number of hydrogen-bond acceptors (Lipinski definition) is 1. The molecule has 1 aromatic rings. The Morgan fingerprint density at radius 3 is 2.50 bits per heavy atom. The molecule has 0 aliphatic heterocycles. The van der Waals surface area contributed by atoms with Crippen molar-refractivity contribution in [1.29, 1.82) is 0 Å². The molecule has 0 N–H and O–H groups in total. The third kappa shape index (κ3) is 1.87. The molecule has 1 nitrogen and oxygen atoms in total. The Balaban J connectivity index is 3.30. The molecule has 0 aromatic heterocycles. The zero-order chi connectivity index (χ0) is 10.7. The summed E-state index contributed by atoms with van der Waals surface area (Å²) in [5.74, 6) is 0.0178. The summed E-state index contributed by atoms with van der Waals surface area (Å²) < 4.78 is 0. The predicted molar refractivity (Wildman–Crippen MR) is 59.8 cm³/mol.